The van der Waals surface area contributed by atoms with Gasteiger partial charge in [-0.3, -0.25) is 3.07 Å². The summed E-state index contributed by atoms with van der Waals surface area (Å²) in [5.41, 5.74) is -6.16. The normalized spacial score (nSPS) is 15.6. The van der Waals surface area contributed by atoms with Crippen molar-refractivity contribution in [3.8, 4) is 0 Å². The zero-order valence-electron chi connectivity index (χ0n) is 6.19. The summed E-state index contributed by atoms with van der Waals surface area (Å²) < 4.78 is 109. The minimum absolute atomic E-state index is 0.0820. The van der Waals surface area contributed by atoms with Crippen LogP contribution in [-0.4, -0.2) is 24.1 Å². The molecule has 0 aliphatic heterocycles. The maximum Gasteiger partial charge on any atom is 0.436 e. The fourth-order valence-electron chi connectivity index (χ4n) is 0.613. The molecule has 0 aromatic carbocycles. The molecule has 0 spiro atoms. The highest BCUT2D eigenvalue weighted by Gasteiger charge is 2.85. The van der Waals surface area contributed by atoms with Crippen molar-refractivity contribution < 1.29 is 42.6 Å². The summed E-state index contributed by atoms with van der Waals surface area (Å²) in [5.74, 6) is 0. The van der Waals surface area contributed by atoms with Gasteiger partial charge in [-0.25, -0.2) is 0 Å². The summed E-state index contributed by atoms with van der Waals surface area (Å²) in [6, 6.07) is 0. The maximum absolute atomic E-state index is 11.8. The molecule has 0 aromatic rings. The molecule has 15 heavy (non-hydrogen) atoms. The Morgan fingerprint density at radius 2 is 0.800 bits per heavy atom. The van der Waals surface area contributed by atoms with E-state index in [1.165, 1.54) is 0 Å². The first kappa shape index (κ1) is 15.1. The molecule has 0 amide bonds. The fraction of sp³-hybridized carbons (Fsp3) is 1.00. The van der Waals surface area contributed by atoms with Crippen LogP contribution in [0.15, 0.2) is 0 Å². The van der Waals surface area contributed by atoms with Gasteiger partial charge in [0.05, 0.1) is 0 Å². The number of halogens is 10. The molecule has 0 aliphatic carbocycles. The Balaban J connectivity index is 5.78. The molecule has 0 fully saturated rings. The average Bonchev–Trinajstić information content (AvgIpc) is 1.76. The molecule has 0 rings (SSSR count). The van der Waals surface area contributed by atoms with E-state index in [-0.39, 0.29) is 23.0 Å². The Morgan fingerprint density at radius 1 is 0.600 bits per heavy atom. The molecule has 0 atom stereocenters. The van der Waals surface area contributed by atoms with Crippen LogP contribution in [0.5, 0.6) is 0 Å². The van der Waals surface area contributed by atoms with Gasteiger partial charge in [0.15, 0.2) is 0 Å². The van der Waals surface area contributed by atoms with Crippen LogP contribution in [0.3, 0.4) is 0 Å². The van der Waals surface area contributed by atoms with E-state index < -0.39 is 24.1 Å². The number of hydrogen-bond donors (Lipinski definition) is 0. The Labute approximate surface area is 90.3 Å². The summed E-state index contributed by atoms with van der Waals surface area (Å²) in [5, 5.41) is 0. The van der Waals surface area contributed by atoms with Gasteiger partial charge in [-0.15, -0.1) is 0 Å². The molecule has 0 heterocycles. The molecule has 0 aliphatic rings. The highest BCUT2D eigenvalue weighted by Crippen LogP contribution is 2.55. The smallest absolute Gasteiger partial charge is 0.282 e. The second-order valence-corrected chi connectivity index (χ2v) is 2.69. The molecule has 0 saturated carbocycles. The summed E-state index contributed by atoms with van der Waals surface area (Å²) in [4.78, 5) is 0. The molecule has 0 bridgehead atoms. The molecule has 1 nitrogen and oxygen atoms in total. The molecule has 92 valence electrons. The summed E-state index contributed by atoms with van der Waals surface area (Å²) >= 11 is -0.0820. The van der Waals surface area contributed by atoms with Gasteiger partial charge in [0.2, 0.25) is 0 Å². The van der Waals surface area contributed by atoms with E-state index in [1.54, 1.807) is 0 Å². The van der Waals surface area contributed by atoms with Crippen molar-refractivity contribution >= 4 is 23.0 Å². The molecular weight excluding hydrogens is 362 g/mol. The van der Waals surface area contributed by atoms with E-state index in [1.807, 2.05) is 0 Å². The van der Waals surface area contributed by atoms with Crippen molar-refractivity contribution in [1.29, 1.82) is 0 Å². The third-order valence-electron chi connectivity index (χ3n) is 1.31. The minimum Gasteiger partial charge on any atom is -0.282 e. The first-order chi connectivity index (χ1) is 6.31. The summed E-state index contributed by atoms with van der Waals surface area (Å²) in [6.07, 6.45) is -19.9. The van der Waals surface area contributed by atoms with Crippen LogP contribution in [0.25, 0.3) is 0 Å². The average molecular weight is 362 g/mol. The second kappa shape index (κ2) is 3.82. The molecule has 0 aromatic heterocycles. The van der Waals surface area contributed by atoms with E-state index in [0.29, 0.717) is 0 Å². The lowest BCUT2D eigenvalue weighted by molar-refractivity contribution is -0.429. The van der Waals surface area contributed by atoms with Gasteiger partial charge >= 0.3 is 24.1 Å². The van der Waals surface area contributed by atoms with Crippen LogP contribution >= 0.6 is 23.0 Å². The van der Waals surface area contributed by atoms with E-state index in [0.717, 1.165) is 0 Å². The lowest BCUT2D eigenvalue weighted by atomic mass is 10.0. The molecule has 0 radical (unpaired) electrons. The quantitative estimate of drug-likeness (QED) is 0.510. The zero-order chi connectivity index (χ0) is 12.7. The highest BCUT2D eigenvalue weighted by atomic mass is 127. The standard InChI is InChI=1S/C4F9IO/c5-2(6,7)1(15-14,3(8,9)10)4(11,12)13. The number of hydrogen-bond acceptors (Lipinski definition) is 1. The van der Waals surface area contributed by atoms with Crippen LogP contribution in [0, 0.1) is 0 Å². The molecule has 0 N–H and O–H groups in total. The Bertz CT molecular complexity index is 188. The Kier molecular flexibility index (Phi) is 3.83. The molecule has 11 heteroatoms. The van der Waals surface area contributed by atoms with Crippen LogP contribution in [0.2, 0.25) is 0 Å². The van der Waals surface area contributed by atoms with Gasteiger partial charge in [0.1, 0.15) is 23.0 Å². The summed E-state index contributed by atoms with van der Waals surface area (Å²) in [7, 11) is 0. The zero-order valence-corrected chi connectivity index (χ0v) is 8.35. The Hall–Kier alpha value is 0.0600. The van der Waals surface area contributed by atoms with Crippen LogP contribution < -0.4 is 0 Å². The van der Waals surface area contributed by atoms with Gasteiger partial charge < -0.3 is 0 Å². The Morgan fingerprint density at radius 3 is 0.800 bits per heavy atom. The lowest BCUT2D eigenvalue weighted by Crippen LogP contribution is -2.66. The molecule has 0 saturated heterocycles. The van der Waals surface area contributed by atoms with Crippen molar-refractivity contribution in [2.75, 3.05) is 0 Å². The van der Waals surface area contributed by atoms with Crippen LogP contribution in [0.1, 0.15) is 0 Å². The monoisotopic (exact) mass is 362 g/mol. The minimum atomic E-state index is -6.65. The van der Waals surface area contributed by atoms with Crippen molar-refractivity contribution in [1.82, 2.24) is 0 Å². The highest BCUT2D eigenvalue weighted by molar-refractivity contribution is 14.1. The van der Waals surface area contributed by atoms with E-state index in [2.05, 4.69) is 3.07 Å². The van der Waals surface area contributed by atoms with Crippen molar-refractivity contribution in [2.24, 2.45) is 0 Å². The van der Waals surface area contributed by atoms with Crippen LogP contribution in [0.4, 0.5) is 39.5 Å². The van der Waals surface area contributed by atoms with Crippen LogP contribution in [-0.2, 0) is 3.07 Å². The second-order valence-electron chi connectivity index (χ2n) is 2.25. The van der Waals surface area contributed by atoms with E-state index in [9.17, 15) is 39.5 Å². The first-order valence-electron chi connectivity index (χ1n) is 2.81. The molecule has 0 unspecified atom stereocenters. The van der Waals surface area contributed by atoms with Crippen molar-refractivity contribution in [3.05, 3.63) is 0 Å². The number of alkyl halides is 9. The fourth-order valence-corrected chi connectivity index (χ4v) is 1.36. The third-order valence-corrected chi connectivity index (χ3v) is 1.97. The van der Waals surface area contributed by atoms with Gasteiger partial charge in [-0.1, -0.05) is 0 Å². The van der Waals surface area contributed by atoms with Gasteiger partial charge in [-0.2, -0.15) is 39.5 Å². The summed E-state index contributed by atoms with van der Waals surface area (Å²) in [6.45, 7) is 0. The first-order valence-corrected chi connectivity index (χ1v) is 3.69. The van der Waals surface area contributed by atoms with Gasteiger partial charge in [-0.05, 0) is 0 Å². The van der Waals surface area contributed by atoms with E-state index in [4.69, 9.17) is 0 Å². The predicted octanol–water partition coefficient (Wildman–Crippen LogP) is 3.78. The predicted molar refractivity (Wildman–Crippen MR) is 36.0 cm³/mol. The SMILES string of the molecule is FC(F)(F)C(OI)(C(F)(F)F)C(F)(F)F. The largest absolute Gasteiger partial charge is 0.436 e. The lowest BCUT2D eigenvalue weighted by Gasteiger charge is -2.35. The maximum atomic E-state index is 11.8. The van der Waals surface area contributed by atoms with Crippen molar-refractivity contribution in [3.63, 3.8) is 0 Å². The topological polar surface area (TPSA) is 9.23 Å². The third kappa shape index (κ3) is 2.26. The number of rotatable bonds is 1. The van der Waals surface area contributed by atoms with Gasteiger partial charge in [0.25, 0.3) is 0 Å². The van der Waals surface area contributed by atoms with Gasteiger partial charge in [0, 0.05) is 0 Å². The van der Waals surface area contributed by atoms with Crippen molar-refractivity contribution in [2.45, 2.75) is 24.1 Å². The molecular formula is C4F9IO. The van der Waals surface area contributed by atoms with E-state index >= 15 is 0 Å².